The van der Waals surface area contributed by atoms with Gasteiger partial charge in [0.25, 0.3) is 0 Å². The van der Waals surface area contributed by atoms with E-state index in [1.165, 1.54) is 0 Å². The van der Waals surface area contributed by atoms with Crippen LogP contribution in [0.4, 0.5) is 0 Å². The van der Waals surface area contributed by atoms with Crippen LogP contribution in [-0.2, 0) is 4.74 Å². The van der Waals surface area contributed by atoms with E-state index in [9.17, 15) is 0 Å². The third-order valence-electron chi connectivity index (χ3n) is 1.48. The summed E-state index contributed by atoms with van der Waals surface area (Å²) in [7, 11) is 0. The summed E-state index contributed by atoms with van der Waals surface area (Å²) in [4.78, 5) is 0. The largest absolute Gasteiger partial charge is 0.358 e. The molecule has 0 saturated carbocycles. The Morgan fingerprint density at radius 1 is 1.78 bits per heavy atom. The van der Waals surface area contributed by atoms with Crippen molar-refractivity contribution in [2.75, 3.05) is 19.7 Å². The molecule has 0 bridgehead atoms. The first-order valence-corrected chi connectivity index (χ1v) is 2.98. The Kier molecular flexibility index (Phi) is 1.70. The van der Waals surface area contributed by atoms with Crippen LogP contribution in [0.1, 0.15) is 6.92 Å². The smallest absolute Gasteiger partial charge is 0.134 e. The molecule has 0 amide bonds. The third-order valence-corrected chi connectivity index (χ3v) is 1.48. The van der Waals surface area contributed by atoms with Crippen LogP contribution in [-0.4, -0.2) is 25.3 Å². The molecule has 1 aliphatic rings. The summed E-state index contributed by atoms with van der Waals surface area (Å²) < 4.78 is 5.19. The average Bonchev–Trinajstić information content (AvgIpc) is 1.79. The van der Waals surface area contributed by atoms with Gasteiger partial charge in [0.2, 0.25) is 0 Å². The molecule has 1 saturated heterocycles. The molecule has 1 aliphatic heterocycles. The van der Waals surface area contributed by atoms with Gasteiger partial charge < -0.3 is 10.1 Å². The summed E-state index contributed by atoms with van der Waals surface area (Å²) in [6, 6.07) is 1.94. The third kappa shape index (κ3) is 1.41. The summed E-state index contributed by atoms with van der Waals surface area (Å²) in [5.74, 6) is 0. The van der Waals surface area contributed by atoms with Crippen LogP contribution >= 0.6 is 0 Å². The lowest BCUT2D eigenvalue weighted by atomic mass is 10.0. The first-order valence-electron chi connectivity index (χ1n) is 2.98. The molecule has 1 rings (SSSR count). The summed E-state index contributed by atoms with van der Waals surface area (Å²) >= 11 is 0. The molecular formula is C6H10N2O. The predicted molar refractivity (Wildman–Crippen MR) is 32.8 cm³/mol. The molecule has 0 radical (unpaired) electrons. The van der Waals surface area contributed by atoms with E-state index in [1.807, 2.05) is 13.0 Å². The minimum Gasteiger partial charge on any atom is -0.358 e. The SMILES string of the molecule is CC1(OCC#N)CNC1. The highest BCUT2D eigenvalue weighted by molar-refractivity contribution is 4.91. The summed E-state index contributed by atoms with van der Waals surface area (Å²) in [6.45, 7) is 3.95. The zero-order valence-corrected chi connectivity index (χ0v) is 5.48. The second-order valence-corrected chi connectivity index (χ2v) is 2.50. The molecule has 0 aromatic rings. The standard InChI is InChI=1S/C6H10N2O/c1-6(4-8-5-6)9-3-2-7/h8H,3-5H2,1H3. The molecule has 3 heteroatoms. The summed E-state index contributed by atoms with van der Waals surface area (Å²) in [5, 5.41) is 11.2. The molecular weight excluding hydrogens is 116 g/mol. The van der Waals surface area contributed by atoms with E-state index in [-0.39, 0.29) is 12.2 Å². The maximum atomic E-state index is 8.15. The highest BCUT2D eigenvalue weighted by Gasteiger charge is 2.31. The van der Waals surface area contributed by atoms with Crippen LogP contribution in [0.5, 0.6) is 0 Å². The van der Waals surface area contributed by atoms with Crippen molar-refractivity contribution in [1.82, 2.24) is 5.32 Å². The Morgan fingerprint density at radius 3 is 2.78 bits per heavy atom. The fourth-order valence-corrected chi connectivity index (χ4v) is 0.786. The van der Waals surface area contributed by atoms with Gasteiger partial charge in [0, 0.05) is 13.1 Å². The summed E-state index contributed by atoms with van der Waals surface area (Å²) in [6.07, 6.45) is 0. The van der Waals surface area contributed by atoms with E-state index < -0.39 is 0 Å². The van der Waals surface area contributed by atoms with Gasteiger partial charge in [-0.2, -0.15) is 5.26 Å². The number of hydrogen-bond donors (Lipinski definition) is 1. The van der Waals surface area contributed by atoms with Crippen molar-refractivity contribution in [3.05, 3.63) is 0 Å². The van der Waals surface area contributed by atoms with Gasteiger partial charge in [0.05, 0.1) is 11.7 Å². The Labute approximate surface area is 54.6 Å². The molecule has 0 aliphatic carbocycles. The zero-order valence-electron chi connectivity index (χ0n) is 5.48. The number of nitriles is 1. The van der Waals surface area contributed by atoms with Gasteiger partial charge >= 0.3 is 0 Å². The van der Waals surface area contributed by atoms with Gasteiger partial charge in [-0.15, -0.1) is 0 Å². The van der Waals surface area contributed by atoms with Crippen molar-refractivity contribution < 1.29 is 4.74 Å². The molecule has 1 N–H and O–H groups in total. The molecule has 3 nitrogen and oxygen atoms in total. The molecule has 0 aromatic heterocycles. The highest BCUT2D eigenvalue weighted by atomic mass is 16.5. The minimum absolute atomic E-state index is 0.0598. The Morgan fingerprint density at radius 2 is 2.44 bits per heavy atom. The van der Waals surface area contributed by atoms with Gasteiger partial charge in [-0.05, 0) is 6.92 Å². The van der Waals surface area contributed by atoms with Crippen molar-refractivity contribution in [1.29, 1.82) is 5.26 Å². The average molecular weight is 126 g/mol. The molecule has 1 fully saturated rings. The Balaban J connectivity index is 2.19. The predicted octanol–water partition coefficient (Wildman–Crippen LogP) is -0.112. The minimum atomic E-state index is -0.0598. The van der Waals surface area contributed by atoms with Crippen molar-refractivity contribution in [2.45, 2.75) is 12.5 Å². The lowest BCUT2D eigenvalue weighted by Gasteiger charge is -2.38. The first kappa shape index (κ1) is 6.53. The van der Waals surface area contributed by atoms with Crippen molar-refractivity contribution in [3.63, 3.8) is 0 Å². The Bertz CT molecular complexity index is 134. The van der Waals surface area contributed by atoms with Crippen LogP contribution in [0.15, 0.2) is 0 Å². The zero-order chi connectivity index (χ0) is 6.74. The van der Waals surface area contributed by atoms with Crippen LogP contribution < -0.4 is 5.32 Å². The van der Waals surface area contributed by atoms with E-state index >= 15 is 0 Å². The van der Waals surface area contributed by atoms with E-state index in [0.717, 1.165) is 13.1 Å². The number of nitrogens with zero attached hydrogens (tertiary/aromatic N) is 1. The number of nitrogens with one attached hydrogen (secondary N) is 1. The molecule has 0 aromatic carbocycles. The number of rotatable bonds is 2. The van der Waals surface area contributed by atoms with Crippen molar-refractivity contribution in [2.24, 2.45) is 0 Å². The summed E-state index contributed by atoms with van der Waals surface area (Å²) in [5.41, 5.74) is -0.0598. The van der Waals surface area contributed by atoms with Crippen molar-refractivity contribution in [3.8, 4) is 6.07 Å². The van der Waals surface area contributed by atoms with Crippen LogP contribution in [0, 0.1) is 11.3 Å². The quantitative estimate of drug-likeness (QED) is 0.561. The maximum absolute atomic E-state index is 8.15. The fraction of sp³-hybridized carbons (Fsp3) is 0.833. The van der Waals surface area contributed by atoms with Gasteiger partial charge in [-0.3, -0.25) is 0 Å². The number of hydrogen-bond acceptors (Lipinski definition) is 3. The van der Waals surface area contributed by atoms with Gasteiger partial charge in [-0.25, -0.2) is 0 Å². The molecule has 9 heavy (non-hydrogen) atoms. The van der Waals surface area contributed by atoms with E-state index in [2.05, 4.69) is 5.32 Å². The Hall–Kier alpha value is -0.590. The normalized spacial score (nSPS) is 22.2. The fourth-order valence-electron chi connectivity index (χ4n) is 0.786. The van der Waals surface area contributed by atoms with E-state index in [4.69, 9.17) is 10.00 Å². The second-order valence-electron chi connectivity index (χ2n) is 2.50. The van der Waals surface area contributed by atoms with Crippen molar-refractivity contribution >= 4 is 0 Å². The lowest BCUT2D eigenvalue weighted by Crippen LogP contribution is -2.59. The second kappa shape index (κ2) is 2.34. The van der Waals surface area contributed by atoms with Gasteiger partial charge in [-0.1, -0.05) is 0 Å². The highest BCUT2D eigenvalue weighted by Crippen LogP contribution is 2.13. The molecule has 0 spiro atoms. The molecule has 0 atom stereocenters. The number of ether oxygens (including phenoxy) is 1. The first-order chi connectivity index (χ1) is 4.27. The van der Waals surface area contributed by atoms with E-state index in [0.29, 0.717) is 0 Å². The maximum Gasteiger partial charge on any atom is 0.134 e. The van der Waals surface area contributed by atoms with Crippen LogP contribution in [0.3, 0.4) is 0 Å². The van der Waals surface area contributed by atoms with Gasteiger partial charge in [0.15, 0.2) is 0 Å². The van der Waals surface area contributed by atoms with Crippen LogP contribution in [0.25, 0.3) is 0 Å². The lowest BCUT2D eigenvalue weighted by molar-refractivity contribution is -0.0516. The van der Waals surface area contributed by atoms with E-state index in [1.54, 1.807) is 0 Å². The molecule has 0 unspecified atom stereocenters. The molecule has 50 valence electrons. The monoisotopic (exact) mass is 126 g/mol. The van der Waals surface area contributed by atoms with Crippen LogP contribution in [0.2, 0.25) is 0 Å². The topological polar surface area (TPSA) is 45.0 Å². The molecule has 1 heterocycles. The van der Waals surface area contributed by atoms with Gasteiger partial charge in [0.1, 0.15) is 6.61 Å².